The quantitative estimate of drug-likeness (QED) is 0.625. The van der Waals surface area contributed by atoms with Crippen LogP contribution in [0.2, 0.25) is 5.02 Å². The Labute approximate surface area is 131 Å². The molecule has 0 aliphatic heterocycles. The van der Waals surface area contributed by atoms with Crippen LogP contribution in [0.5, 0.6) is 5.75 Å². The number of benzene rings is 1. The van der Waals surface area contributed by atoms with Crippen LogP contribution in [-0.4, -0.2) is 32.0 Å². The van der Waals surface area contributed by atoms with Crippen LogP contribution in [0.4, 0.5) is 10.1 Å². The number of amides is 2. The molecule has 0 atom stereocenters. The number of methoxy groups -OCH3 is 2. The van der Waals surface area contributed by atoms with E-state index in [0.29, 0.717) is 4.90 Å². The highest BCUT2D eigenvalue weighted by Crippen LogP contribution is 2.32. The molecular weight excluding hydrogens is 317 g/mol. The lowest BCUT2D eigenvalue weighted by Gasteiger charge is -2.19. The van der Waals surface area contributed by atoms with E-state index in [1.165, 1.54) is 7.11 Å². The second-order valence-electron chi connectivity index (χ2n) is 3.99. The predicted molar refractivity (Wildman–Crippen MR) is 77.3 cm³/mol. The molecule has 0 N–H and O–H groups in total. The Hall–Kier alpha value is -2.41. The summed E-state index contributed by atoms with van der Waals surface area (Å²) in [6.07, 6.45) is 1.62. The molecule has 8 heteroatoms. The van der Waals surface area contributed by atoms with E-state index in [2.05, 4.69) is 4.74 Å². The molecule has 1 rings (SSSR count). The highest BCUT2D eigenvalue weighted by atomic mass is 35.5. The van der Waals surface area contributed by atoms with Gasteiger partial charge in [-0.1, -0.05) is 11.6 Å². The van der Waals surface area contributed by atoms with Crippen molar-refractivity contribution in [1.82, 2.24) is 0 Å². The lowest BCUT2D eigenvalue weighted by Crippen LogP contribution is -2.34. The fraction of sp³-hybridized carbons (Fsp3) is 0.214. The maximum Gasteiger partial charge on any atom is 0.330 e. The Balaban J connectivity index is 3.27. The Bertz CT molecular complexity index is 644. The van der Waals surface area contributed by atoms with Crippen molar-refractivity contribution in [3.05, 3.63) is 35.1 Å². The Kier molecular flexibility index (Phi) is 6.06. The summed E-state index contributed by atoms with van der Waals surface area (Å²) in [5, 5.41) is -0.00944. The number of esters is 1. The van der Waals surface area contributed by atoms with Crippen LogP contribution in [0.15, 0.2) is 24.3 Å². The second-order valence-corrected chi connectivity index (χ2v) is 4.39. The number of anilines is 1. The van der Waals surface area contributed by atoms with E-state index in [9.17, 15) is 18.8 Å². The summed E-state index contributed by atoms with van der Waals surface area (Å²) in [5.74, 6) is -3.25. The summed E-state index contributed by atoms with van der Waals surface area (Å²) in [4.78, 5) is 35.2. The van der Waals surface area contributed by atoms with Crippen molar-refractivity contribution in [1.29, 1.82) is 0 Å². The standard InChI is InChI=1S/C14H13ClFNO5/c1-8(18)17(13(19)4-5-14(20)22-3)11-7-12(21-2)9(15)6-10(11)16/h4-7H,1-3H3. The van der Waals surface area contributed by atoms with Gasteiger partial charge in [0.15, 0.2) is 0 Å². The van der Waals surface area contributed by atoms with Crippen molar-refractivity contribution in [2.24, 2.45) is 0 Å². The number of hydrogen-bond acceptors (Lipinski definition) is 5. The van der Waals surface area contributed by atoms with Crippen LogP contribution in [0.25, 0.3) is 0 Å². The molecule has 0 saturated carbocycles. The first-order valence-electron chi connectivity index (χ1n) is 5.95. The second kappa shape index (κ2) is 7.56. The molecule has 1 aromatic rings. The van der Waals surface area contributed by atoms with Gasteiger partial charge in [-0.05, 0) is 6.07 Å². The van der Waals surface area contributed by atoms with Crippen molar-refractivity contribution in [2.75, 3.05) is 19.1 Å². The van der Waals surface area contributed by atoms with Gasteiger partial charge in [0, 0.05) is 25.1 Å². The van der Waals surface area contributed by atoms with E-state index in [0.717, 1.165) is 38.3 Å². The van der Waals surface area contributed by atoms with Gasteiger partial charge in [0.25, 0.3) is 5.91 Å². The summed E-state index contributed by atoms with van der Waals surface area (Å²) in [6.45, 7) is 1.07. The predicted octanol–water partition coefficient (Wildman–Crippen LogP) is 2.10. The summed E-state index contributed by atoms with van der Waals surface area (Å²) in [6, 6.07) is 2.03. The van der Waals surface area contributed by atoms with Crippen molar-refractivity contribution < 1.29 is 28.2 Å². The van der Waals surface area contributed by atoms with Crippen LogP contribution in [0.1, 0.15) is 6.92 Å². The fourth-order valence-electron chi connectivity index (χ4n) is 1.57. The van der Waals surface area contributed by atoms with Gasteiger partial charge >= 0.3 is 5.97 Å². The van der Waals surface area contributed by atoms with E-state index >= 15 is 0 Å². The van der Waals surface area contributed by atoms with Gasteiger partial charge in [0.2, 0.25) is 5.91 Å². The minimum absolute atomic E-state index is 0.00944. The molecule has 0 spiro atoms. The van der Waals surface area contributed by atoms with Gasteiger partial charge in [-0.15, -0.1) is 0 Å². The highest BCUT2D eigenvalue weighted by molar-refractivity contribution is 6.32. The zero-order valence-corrected chi connectivity index (χ0v) is 12.8. The third-order valence-electron chi connectivity index (χ3n) is 2.56. The zero-order valence-electron chi connectivity index (χ0n) is 12.1. The van der Waals surface area contributed by atoms with Crippen LogP contribution in [0.3, 0.4) is 0 Å². The fourth-order valence-corrected chi connectivity index (χ4v) is 1.80. The number of imide groups is 1. The van der Waals surface area contributed by atoms with Crippen LogP contribution < -0.4 is 9.64 Å². The number of halogens is 2. The third kappa shape index (κ3) is 4.05. The molecular formula is C14H13ClFNO5. The molecule has 6 nitrogen and oxygen atoms in total. The zero-order chi connectivity index (χ0) is 16.9. The van der Waals surface area contributed by atoms with Crippen molar-refractivity contribution >= 4 is 35.1 Å². The molecule has 0 aliphatic carbocycles. The molecule has 1 aromatic carbocycles. The van der Waals surface area contributed by atoms with Gasteiger partial charge in [0.05, 0.1) is 24.9 Å². The first kappa shape index (κ1) is 17.6. The molecule has 0 aliphatic rings. The highest BCUT2D eigenvalue weighted by Gasteiger charge is 2.23. The van der Waals surface area contributed by atoms with E-state index in [1.54, 1.807) is 0 Å². The summed E-state index contributed by atoms with van der Waals surface area (Å²) in [5.41, 5.74) is -0.340. The van der Waals surface area contributed by atoms with E-state index in [1.807, 2.05) is 0 Å². The van der Waals surface area contributed by atoms with Gasteiger partial charge in [-0.3, -0.25) is 9.59 Å². The maximum atomic E-state index is 14.0. The topological polar surface area (TPSA) is 72.9 Å². The largest absolute Gasteiger partial charge is 0.495 e. The number of carbonyl (C=O) groups is 3. The molecule has 0 heterocycles. The minimum Gasteiger partial charge on any atom is -0.495 e. The number of ether oxygens (including phenoxy) is 2. The lowest BCUT2D eigenvalue weighted by molar-refractivity contribution is -0.135. The van der Waals surface area contributed by atoms with E-state index in [-0.39, 0.29) is 16.5 Å². The smallest absolute Gasteiger partial charge is 0.330 e. The van der Waals surface area contributed by atoms with Gasteiger partial charge in [-0.25, -0.2) is 14.1 Å². The molecule has 0 bridgehead atoms. The lowest BCUT2D eigenvalue weighted by atomic mass is 10.2. The molecule has 0 radical (unpaired) electrons. The average molecular weight is 330 g/mol. The summed E-state index contributed by atoms with van der Waals surface area (Å²) < 4.78 is 23.3. The first-order valence-corrected chi connectivity index (χ1v) is 6.33. The number of hydrogen-bond donors (Lipinski definition) is 0. The molecule has 118 valence electrons. The van der Waals surface area contributed by atoms with Crippen LogP contribution >= 0.6 is 11.6 Å². The monoisotopic (exact) mass is 329 g/mol. The van der Waals surface area contributed by atoms with Gasteiger partial charge < -0.3 is 9.47 Å². The third-order valence-corrected chi connectivity index (χ3v) is 2.86. The van der Waals surface area contributed by atoms with Crippen LogP contribution in [-0.2, 0) is 19.1 Å². The Morgan fingerprint density at radius 3 is 2.36 bits per heavy atom. The average Bonchev–Trinajstić information content (AvgIpc) is 2.46. The summed E-state index contributed by atoms with van der Waals surface area (Å²) >= 11 is 5.76. The van der Waals surface area contributed by atoms with E-state index < -0.39 is 23.6 Å². The minimum atomic E-state index is -0.916. The van der Waals surface area contributed by atoms with Crippen molar-refractivity contribution in [2.45, 2.75) is 6.92 Å². The van der Waals surface area contributed by atoms with Crippen LogP contribution in [0, 0.1) is 5.82 Å². The van der Waals surface area contributed by atoms with Gasteiger partial charge in [0.1, 0.15) is 11.6 Å². The molecule has 0 fully saturated rings. The summed E-state index contributed by atoms with van der Waals surface area (Å²) in [7, 11) is 2.43. The number of rotatable bonds is 4. The normalized spacial score (nSPS) is 10.4. The Morgan fingerprint density at radius 2 is 1.86 bits per heavy atom. The van der Waals surface area contributed by atoms with E-state index in [4.69, 9.17) is 16.3 Å². The molecule has 0 unspecified atom stereocenters. The molecule has 0 saturated heterocycles. The van der Waals surface area contributed by atoms with Crippen molar-refractivity contribution in [3.63, 3.8) is 0 Å². The molecule has 22 heavy (non-hydrogen) atoms. The maximum absolute atomic E-state index is 14.0. The number of nitrogens with zero attached hydrogens (tertiary/aromatic N) is 1. The Morgan fingerprint density at radius 1 is 1.23 bits per heavy atom. The van der Waals surface area contributed by atoms with Crippen molar-refractivity contribution in [3.8, 4) is 5.75 Å². The molecule has 0 aromatic heterocycles. The first-order chi connectivity index (χ1) is 10.3. The number of carbonyl (C=O) groups excluding carboxylic acids is 3. The van der Waals surface area contributed by atoms with Gasteiger partial charge in [-0.2, -0.15) is 0 Å². The molecule has 2 amide bonds. The SMILES string of the molecule is COC(=O)C=CC(=O)N(C(C)=O)c1cc(OC)c(Cl)cc1F.